The Kier molecular flexibility index (Phi) is 3.52. The lowest BCUT2D eigenvalue weighted by atomic mass is 10.3. The van der Waals surface area contributed by atoms with Gasteiger partial charge in [0.2, 0.25) is 5.91 Å². The van der Waals surface area contributed by atoms with Crippen LogP contribution in [0.15, 0.2) is 18.3 Å². The molecule has 0 bridgehead atoms. The molecule has 80 valence electrons. The van der Waals surface area contributed by atoms with Crippen molar-refractivity contribution < 1.29 is 4.79 Å². The van der Waals surface area contributed by atoms with Crippen LogP contribution in [0.2, 0.25) is 0 Å². The van der Waals surface area contributed by atoms with Crippen molar-refractivity contribution in [2.45, 2.75) is 6.04 Å². The third kappa shape index (κ3) is 2.90. The summed E-state index contributed by atoms with van der Waals surface area (Å²) < 4.78 is 0. The van der Waals surface area contributed by atoms with E-state index in [0.29, 0.717) is 5.82 Å². The Hall–Kier alpha value is -1.14. The largest absolute Gasteiger partial charge is 0.308 e. The Balaban J connectivity index is 1.91. The molecule has 15 heavy (non-hydrogen) atoms. The molecule has 1 unspecified atom stereocenters. The summed E-state index contributed by atoms with van der Waals surface area (Å²) in [5.41, 5.74) is 0. The van der Waals surface area contributed by atoms with Crippen molar-refractivity contribution in [3.8, 4) is 0 Å². The van der Waals surface area contributed by atoms with Crippen LogP contribution in [0.1, 0.15) is 0 Å². The van der Waals surface area contributed by atoms with E-state index in [9.17, 15) is 4.79 Å². The van der Waals surface area contributed by atoms with Gasteiger partial charge in [-0.1, -0.05) is 0 Å². The number of carbonyl (C=O) groups excluding carboxylic acids is 1. The lowest BCUT2D eigenvalue weighted by Crippen LogP contribution is -2.46. The third-order valence-electron chi connectivity index (χ3n) is 2.06. The molecule has 0 spiro atoms. The number of thioether (sulfide) groups is 1. The minimum Gasteiger partial charge on any atom is -0.308 e. The van der Waals surface area contributed by atoms with E-state index < -0.39 is 0 Å². The van der Waals surface area contributed by atoms with Gasteiger partial charge in [0.25, 0.3) is 0 Å². The van der Waals surface area contributed by atoms with Crippen LogP contribution in [0.25, 0.3) is 0 Å². The van der Waals surface area contributed by atoms with Gasteiger partial charge in [0, 0.05) is 24.2 Å². The first-order chi connectivity index (χ1) is 7.36. The van der Waals surface area contributed by atoms with Crippen molar-refractivity contribution in [1.82, 2.24) is 15.5 Å². The average Bonchev–Trinajstić information content (AvgIpc) is 2.31. The maximum atomic E-state index is 11.7. The Bertz CT molecular complexity index is 326. The van der Waals surface area contributed by atoms with E-state index in [4.69, 9.17) is 0 Å². The number of amides is 1. The van der Waals surface area contributed by atoms with Gasteiger partial charge >= 0.3 is 0 Å². The highest BCUT2D eigenvalue weighted by Gasteiger charge is 2.20. The molecule has 1 aromatic rings. The fourth-order valence-electron chi connectivity index (χ4n) is 1.32. The van der Waals surface area contributed by atoms with Gasteiger partial charge in [-0.3, -0.25) is 4.79 Å². The maximum Gasteiger partial charge on any atom is 0.243 e. The maximum absolute atomic E-state index is 11.7. The molecule has 0 aromatic carbocycles. The van der Waals surface area contributed by atoms with Crippen LogP contribution in [0.5, 0.6) is 0 Å². The summed E-state index contributed by atoms with van der Waals surface area (Å²) in [6, 6.07) is 3.35. The van der Waals surface area contributed by atoms with E-state index in [0.717, 1.165) is 18.1 Å². The molecule has 5 nitrogen and oxygen atoms in total. The van der Waals surface area contributed by atoms with Crippen molar-refractivity contribution in [2.75, 3.05) is 23.4 Å². The van der Waals surface area contributed by atoms with Crippen molar-refractivity contribution >= 4 is 23.5 Å². The molecule has 1 saturated heterocycles. The van der Waals surface area contributed by atoms with Crippen LogP contribution in [-0.4, -0.2) is 40.2 Å². The summed E-state index contributed by atoms with van der Waals surface area (Å²) in [7, 11) is 0. The number of nitrogens with one attached hydrogen (secondary N) is 2. The first-order valence-corrected chi connectivity index (χ1v) is 5.91. The average molecular weight is 224 g/mol. The van der Waals surface area contributed by atoms with E-state index in [1.54, 1.807) is 30.1 Å². The van der Waals surface area contributed by atoms with E-state index in [1.807, 2.05) is 0 Å². The predicted molar refractivity (Wildman–Crippen MR) is 59.8 cm³/mol. The van der Waals surface area contributed by atoms with Gasteiger partial charge in [-0.05, 0) is 12.1 Å². The van der Waals surface area contributed by atoms with E-state index >= 15 is 0 Å². The second-order valence-corrected chi connectivity index (χ2v) is 4.33. The molecule has 1 atom stereocenters. The van der Waals surface area contributed by atoms with Crippen LogP contribution < -0.4 is 10.6 Å². The highest BCUT2D eigenvalue weighted by atomic mass is 32.2. The molecule has 0 saturated carbocycles. The number of hydrogen-bond acceptors (Lipinski definition) is 5. The summed E-state index contributed by atoms with van der Waals surface area (Å²) in [6.45, 7) is 0.878. The highest BCUT2D eigenvalue weighted by molar-refractivity contribution is 7.99. The lowest BCUT2D eigenvalue weighted by Gasteiger charge is -2.21. The molecular formula is C9H12N4OS. The van der Waals surface area contributed by atoms with Crippen LogP contribution in [0, 0.1) is 0 Å². The normalized spacial score (nSPS) is 20.9. The van der Waals surface area contributed by atoms with Crippen LogP contribution in [-0.2, 0) is 4.79 Å². The number of hydrogen-bond donors (Lipinski definition) is 2. The second-order valence-electron chi connectivity index (χ2n) is 3.18. The summed E-state index contributed by atoms with van der Waals surface area (Å²) in [4.78, 5) is 11.7. The summed E-state index contributed by atoms with van der Waals surface area (Å²) in [6.07, 6.45) is 1.57. The molecule has 2 rings (SSSR count). The Morgan fingerprint density at radius 2 is 2.60 bits per heavy atom. The van der Waals surface area contributed by atoms with Gasteiger partial charge < -0.3 is 10.6 Å². The molecule has 6 heteroatoms. The molecule has 1 amide bonds. The van der Waals surface area contributed by atoms with Gasteiger partial charge in [0.05, 0.1) is 6.04 Å². The van der Waals surface area contributed by atoms with Gasteiger partial charge in [-0.15, -0.1) is 5.10 Å². The number of rotatable bonds is 2. The topological polar surface area (TPSA) is 66.9 Å². The first kappa shape index (κ1) is 10.4. The van der Waals surface area contributed by atoms with Crippen molar-refractivity contribution in [3.05, 3.63) is 18.3 Å². The number of aromatic nitrogens is 2. The second kappa shape index (κ2) is 5.09. The molecule has 1 fully saturated rings. The zero-order valence-corrected chi connectivity index (χ0v) is 8.96. The summed E-state index contributed by atoms with van der Waals surface area (Å²) in [5, 5.41) is 13.4. The smallest absolute Gasteiger partial charge is 0.243 e. The molecule has 2 heterocycles. The summed E-state index contributed by atoms with van der Waals surface area (Å²) >= 11 is 1.78. The van der Waals surface area contributed by atoms with Gasteiger partial charge in [-0.25, -0.2) is 0 Å². The Labute approximate surface area is 92.0 Å². The molecule has 2 N–H and O–H groups in total. The quantitative estimate of drug-likeness (QED) is 0.747. The first-order valence-electron chi connectivity index (χ1n) is 4.76. The molecular weight excluding hydrogens is 212 g/mol. The standard InChI is InChI=1S/C9H12N4OS/c14-9(7-6-15-5-4-10-7)12-8-2-1-3-11-13-8/h1-3,7,10H,4-6H2,(H,12,13,14). The number of anilines is 1. The zero-order chi connectivity index (χ0) is 10.5. The van der Waals surface area contributed by atoms with Gasteiger partial charge in [0.15, 0.2) is 5.82 Å². The molecule has 1 aliphatic heterocycles. The van der Waals surface area contributed by atoms with Crippen LogP contribution in [0.3, 0.4) is 0 Å². The van der Waals surface area contributed by atoms with E-state index in [2.05, 4.69) is 20.8 Å². The van der Waals surface area contributed by atoms with Crippen LogP contribution in [0.4, 0.5) is 5.82 Å². The van der Waals surface area contributed by atoms with Crippen molar-refractivity contribution in [2.24, 2.45) is 0 Å². The Morgan fingerprint density at radius 1 is 1.67 bits per heavy atom. The fourth-order valence-corrected chi connectivity index (χ4v) is 2.25. The van der Waals surface area contributed by atoms with E-state index in [-0.39, 0.29) is 11.9 Å². The van der Waals surface area contributed by atoms with Gasteiger partial charge in [-0.2, -0.15) is 16.9 Å². The van der Waals surface area contributed by atoms with Crippen molar-refractivity contribution in [3.63, 3.8) is 0 Å². The van der Waals surface area contributed by atoms with Crippen molar-refractivity contribution in [1.29, 1.82) is 0 Å². The fraction of sp³-hybridized carbons (Fsp3) is 0.444. The number of carbonyl (C=O) groups is 1. The highest BCUT2D eigenvalue weighted by Crippen LogP contribution is 2.09. The van der Waals surface area contributed by atoms with Gasteiger partial charge in [0.1, 0.15) is 0 Å². The molecule has 0 aliphatic carbocycles. The zero-order valence-electron chi connectivity index (χ0n) is 8.14. The number of nitrogens with zero attached hydrogens (tertiary/aromatic N) is 2. The Morgan fingerprint density at radius 3 is 3.27 bits per heavy atom. The summed E-state index contributed by atoms with van der Waals surface area (Å²) in [5.74, 6) is 2.34. The van der Waals surface area contributed by atoms with E-state index in [1.165, 1.54) is 0 Å². The monoisotopic (exact) mass is 224 g/mol. The SMILES string of the molecule is O=C(Nc1cccnn1)C1CSCCN1. The molecule has 1 aliphatic rings. The predicted octanol–water partition coefficient (Wildman–Crippen LogP) is 0.120. The third-order valence-corrected chi connectivity index (χ3v) is 3.12. The molecule has 0 radical (unpaired) electrons. The lowest BCUT2D eigenvalue weighted by molar-refractivity contribution is -0.117. The minimum absolute atomic E-state index is 0.0392. The minimum atomic E-state index is -0.120. The molecule has 1 aromatic heterocycles. The van der Waals surface area contributed by atoms with Crippen LogP contribution >= 0.6 is 11.8 Å².